The Kier molecular flexibility index (Phi) is 4.70. The molecule has 21 heavy (non-hydrogen) atoms. The molecule has 3 aromatic rings. The maximum absolute atomic E-state index is 5.85. The van der Waals surface area contributed by atoms with Crippen molar-refractivity contribution in [3.05, 3.63) is 39.1 Å². The smallest absolute Gasteiger partial charge is 0.154 e. The van der Waals surface area contributed by atoms with E-state index in [2.05, 4.69) is 26.2 Å². The second-order valence-electron chi connectivity index (χ2n) is 4.59. The first kappa shape index (κ1) is 14.7. The summed E-state index contributed by atoms with van der Waals surface area (Å²) in [7, 11) is 1.70. The minimum Gasteiger partial charge on any atom is -0.454 e. The van der Waals surface area contributed by atoms with Crippen LogP contribution in [-0.4, -0.2) is 25.2 Å². The van der Waals surface area contributed by atoms with Crippen molar-refractivity contribution in [3.8, 4) is 11.5 Å². The maximum atomic E-state index is 5.85. The van der Waals surface area contributed by atoms with Gasteiger partial charge in [-0.25, -0.2) is 4.98 Å². The van der Waals surface area contributed by atoms with Crippen LogP contribution < -0.4 is 5.32 Å². The zero-order valence-corrected chi connectivity index (χ0v) is 14.0. The van der Waals surface area contributed by atoms with Gasteiger partial charge in [0.25, 0.3) is 0 Å². The van der Waals surface area contributed by atoms with Gasteiger partial charge < -0.3 is 14.5 Å². The fourth-order valence-corrected chi connectivity index (χ4v) is 3.15. The molecule has 3 rings (SSSR count). The van der Waals surface area contributed by atoms with E-state index in [9.17, 15) is 0 Å². The number of aromatic nitrogens is 1. The third kappa shape index (κ3) is 3.52. The van der Waals surface area contributed by atoms with E-state index < -0.39 is 0 Å². The van der Waals surface area contributed by atoms with Gasteiger partial charge in [0.1, 0.15) is 16.3 Å². The van der Waals surface area contributed by atoms with E-state index in [1.165, 1.54) is 0 Å². The summed E-state index contributed by atoms with van der Waals surface area (Å²) in [6.45, 7) is 2.28. The van der Waals surface area contributed by atoms with Crippen molar-refractivity contribution < 1.29 is 9.15 Å². The first-order valence-corrected chi connectivity index (χ1v) is 8.27. The van der Waals surface area contributed by atoms with E-state index in [0.717, 1.165) is 45.0 Å². The first-order valence-electron chi connectivity index (χ1n) is 6.60. The van der Waals surface area contributed by atoms with Gasteiger partial charge in [0, 0.05) is 35.4 Å². The Morgan fingerprint density at radius 3 is 3.14 bits per heavy atom. The molecule has 1 aromatic carbocycles. The molecule has 110 valence electrons. The number of methoxy groups -OCH3 is 1. The molecule has 6 heteroatoms. The normalized spacial score (nSPS) is 11.3. The van der Waals surface area contributed by atoms with Crippen LogP contribution in [0.15, 0.2) is 38.5 Å². The van der Waals surface area contributed by atoms with Gasteiger partial charge in [0.05, 0.1) is 6.61 Å². The number of halogens is 1. The fourth-order valence-electron chi connectivity index (χ4n) is 2.02. The number of furan rings is 1. The summed E-state index contributed by atoms with van der Waals surface area (Å²) in [5, 5.41) is 7.44. The van der Waals surface area contributed by atoms with Crippen molar-refractivity contribution in [2.75, 3.05) is 20.3 Å². The molecule has 0 aliphatic heterocycles. The summed E-state index contributed by atoms with van der Waals surface area (Å²) in [6.07, 6.45) is 0. The summed E-state index contributed by atoms with van der Waals surface area (Å²) < 4.78 is 11.9. The lowest BCUT2D eigenvalue weighted by atomic mass is 10.2. The predicted octanol–water partition coefficient (Wildman–Crippen LogP) is 4.05. The quantitative estimate of drug-likeness (QED) is 0.668. The highest BCUT2D eigenvalue weighted by atomic mass is 79.9. The molecule has 0 saturated heterocycles. The zero-order chi connectivity index (χ0) is 14.7. The Morgan fingerprint density at radius 2 is 2.29 bits per heavy atom. The Bertz CT molecular complexity index is 738. The van der Waals surface area contributed by atoms with E-state index >= 15 is 0 Å². The summed E-state index contributed by atoms with van der Waals surface area (Å²) in [4.78, 5) is 4.61. The Labute approximate surface area is 135 Å². The number of fused-ring (bicyclic) bond motifs is 1. The maximum Gasteiger partial charge on any atom is 0.154 e. The second kappa shape index (κ2) is 6.70. The molecular weight excluding hydrogens is 352 g/mol. The molecule has 1 N–H and O–H groups in total. The highest BCUT2D eigenvalue weighted by Crippen LogP contribution is 2.30. The van der Waals surface area contributed by atoms with Crippen LogP contribution >= 0.6 is 27.3 Å². The van der Waals surface area contributed by atoms with Gasteiger partial charge in [-0.2, -0.15) is 0 Å². The molecule has 4 nitrogen and oxygen atoms in total. The molecule has 0 aliphatic rings. The number of thiazole rings is 1. The Hall–Kier alpha value is -1.21. The minimum absolute atomic E-state index is 0.705. The van der Waals surface area contributed by atoms with Crippen LogP contribution in [0.1, 0.15) is 5.01 Å². The third-order valence-corrected chi connectivity index (χ3v) is 4.38. The van der Waals surface area contributed by atoms with Crippen LogP contribution in [0, 0.1) is 0 Å². The van der Waals surface area contributed by atoms with Crippen LogP contribution in [-0.2, 0) is 11.3 Å². The molecule has 0 amide bonds. The molecule has 0 aliphatic carbocycles. The van der Waals surface area contributed by atoms with Crippen molar-refractivity contribution in [1.29, 1.82) is 0 Å². The molecule has 0 spiro atoms. The van der Waals surface area contributed by atoms with Crippen LogP contribution in [0.3, 0.4) is 0 Å². The standard InChI is InChI=1S/C15H15BrN2O2S/c1-19-5-4-17-8-15-18-12(9-21-15)14-7-10-6-11(16)2-3-13(10)20-14/h2-3,6-7,9,17H,4-5,8H2,1H3. The van der Waals surface area contributed by atoms with Gasteiger partial charge in [0.15, 0.2) is 5.76 Å². The number of benzene rings is 1. The lowest BCUT2D eigenvalue weighted by molar-refractivity contribution is 0.199. The highest BCUT2D eigenvalue weighted by Gasteiger charge is 2.10. The largest absolute Gasteiger partial charge is 0.454 e. The minimum atomic E-state index is 0.705. The van der Waals surface area contributed by atoms with Crippen LogP contribution in [0.2, 0.25) is 0 Å². The molecule has 0 radical (unpaired) electrons. The topological polar surface area (TPSA) is 47.3 Å². The summed E-state index contributed by atoms with van der Waals surface area (Å²) in [5.74, 6) is 0.808. The first-order chi connectivity index (χ1) is 10.3. The summed E-state index contributed by atoms with van der Waals surface area (Å²) in [6, 6.07) is 8.00. The lowest BCUT2D eigenvalue weighted by Gasteiger charge is -1.99. The number of nitrogens with zero attached hydrogens (tertiary/aromatic N) is 1. The molecule has 2 heterocycles. The molecule has 0 atom stereocenters. The monoisotopic (exact) mass is 366 g/mol. The van der Waals surface area contributed by atoms with E-state index in [4.69, 9.17) is 9.15 Å². The van der Waals surface area contributed by atoms with Gasteiger partial charge in [0.2, 0.25) is 0 Å². The number of hydrogen-bond donors (Lipinski definition) is 1. The lowest BCUT2D eigenvalue weighted by Crippen LogP contribution is -2.18. The molecule has 0 saturated carbocycles. The molecule has 2 aromatic heterocycles. The summed E-state index contributed by atoms with van der Waals surface area (Å²) in [5.41, 5.74) is 1.76. The van der Waals surface area contributed by atoms with Crippen LogP contribution in [0.5, 0.6) is 0 Å². The Balaban J connectivity index is 1.75. The van der Waals surface area contributed by atoms with Crippen molar-refractivity contribution in [2.45, 2.75) is 6.54 Å². The Morgan fingerprint density at radius 1 is 1.38 bits per heavy atom. The van der Waals surface area contributed by atoms with E-state index in [-0.39, 0.29) is 0 Å². The van der Waals surface area contributed by atoms with Crippen molar-refractivity contribution in [3.63, 3.8) is 0 Å². The van der Waals surface area contributed by atoms with Crippen LogP contribution in [0.25, 0.3) is 22.4 Å². The number of hydrogen-bond acceptors (Lipinski definition) is 5. The average Bonchev–Trinajstić information content (AvgIpc) is 3.09. The molecular formula is C15H15BrN2O2S. The van der Waals surface area contributed by atoms with Gasteiger partial charge >= 0.3 is 0 Å². The van der Waals surface area contributed by atoms with Crippen LogP contribution in [0.4, 0.5) is 0 Å². The van der Waals surface area contributed by atoms with Gasteiger partial charge in [-0.15, -0.1) is 11.3 Å². The SMILES string of the molecule is COCCNCc1nc(-c2cc3cc(Br)ccc3o2)cs1. The van der Waals surface area contributed by atoms with Gasteiger partial charge in [-0.1, -0.05) is 15.9 Å². The number of ether oxygens (including phenoxy) is 1. The fraction of sp³-hybridized carbons (Fsp3) is 0.267. The number of nitrogens with one attached hydrogen (secondary N) is 1. The van der Waals surface area contributed by atoms with Gasteiger partial charge in [-0.3, -0.25) is 0 Å². The van der Waals surface area contributed by atoms with Crippen molar-refractivity contribution in [2.24, 2.45) is 0 Å². The molecule has 0 bridgehead atoms. The van der Waals surface area contributed by atoms with Gasteiger partial charge in [-0.05, 0) is 24.3 Å². The van der Waals surface area contributed by atoms with Crippen molar-refractivity contribution >= 4 is 38.2 Å². The molecule has 0 unspecified atom stereocenters. The second-order valence-corrected chi connectivity index (χ2v) is 6.45. The third-order valence-electron chi connectivity index (χ3n) is 3.04. The zero-order valence-electron chi connectivity index (χ0n) is 11.6. The molecule has 0 fully saturated rings. The van der Waals surface area contributed by atoms with Crippen molar-refractivity contribution in [1.82, 2.24) is 10.3 Å². The van der Waals surface area contributed by atoms with E-state index in [0.29, 0.717) is 6.61 Å². The van der Waals surface area contributed by atoms with E-state index in [1.807, 2.05) is 29.6 Å². The van der Waals surface area contributed by atoms with E-state index in [1.54, 1.807) is 18.4 Å². The average molecular weight is 367 g/mol. The predicted molar refractivity (Wildman–Crippen MR) is 88.6 cm³/mol. The number of rotatable bonds is 6. The highest BCUT2D eigenvalue weighted by molar-refractivity contribution is 9.10. The summed E-state index contributed by atoms with van der Waals surface area (Å²) >= 11 is 5.10.